The third kappa shape index (κ3) is 4.52. The highest BCUT2D eigenvalue weighted by atomic mass is 32.1. The number of unbranched alkanes of at least 4 members (excludes halogenated alkanes) is 3. The van der Waals surface area contributed by atoms with Crippen LogP contribution in [0.1, 0.15) is 57.8 Å². The van der Waals surface area contributed by atoms with Crippen molar-refractivity contribution < 1.29 is 9.59 Å². The van der Waals surface area contributed by atoms with Crippen molar-refractivity contribution in [2.24, 2.45) is 5.73 Å². The number of hydrogen-bond acceptors (Lipinski definition) is 3. The maximum absolute atomic E-state index is 11.8. The largest absolute Gasteiger partial charge is 0.368 e. The zero-order valence-corrected chi connectivity index (χ0v) is 11.8. The third-order valence-electron chi connectivity index (χ3n) is 3.62. The molecule has 18 heavy (non-hydrogen) atoms. The molecule has 0 atom stereocenters. The number of nitrogens with two attached hydrogens (primary N) is 1. The predicted molar refractivity (Wildman–Crippen MR) is 75.5 cm³/mol. The Hall–Kier alpha value is -0.710. The molecule has 2 amide bonds. The molecule has 0 unspecified atom stereocenters. The van der Waals surface area contributed by atoms with Gasteiger partial charge in [0, 0.05) is 6.42 Å². The van der Waals surface area contributed by atoms with Crippen LogP contribution in [-0.4, -0.2) is 23.1 Å². The summed E-state index contributed by atoms with van der Waals surface area (Å²) in [7, 11) is 0. The number of carbonyl (C=O) groups excluding carboxylic acids is 2. The summed E-state index contributed by atoms with van der Waals surface area (Å²) in [4.78, 5) is 23.3. The second-order valence-corrected chi connectivity index (χ2v) is 5.54. The van der Waals surface area contributed by atoms with E-state index in [2.05, 4.69) is 17.9 Å². The van der Waals surface area contributed by atoms with Gasteiger partial charge in [0.2, 0.25) is 11.8 Å². The number of amides is 2. The van der Waals surface area contributed by atoms with E-state index in [0.717, 1.165) is 44.3 Å². The van der Waals surface area contributed by atoms with Gasteiger partial charge < -0.3 is 11.1 Å². The van der Waals surface area contributed by atoms with Crippen LogP contribution in [0.25, 0.3) is 0 Å². The minimum atomic E-state index is -0.762. The highest BCUT2D eigenvalue weighted by Crippen LogP contribution is 2.29. The molecule has 0 saturated heterocycles. The quantitative estimate of drug-likeness (QED) is 0.465. The number of thiol groups is 1. The second kappa shape index (κ2) is 7.67. The highest BCUT2D eigenvalue weighted by molar-refractivity contribution is 7.80. The fourth-order valence-electron chi connectivity index (χ4n) is 2.49. The molecule has 0 radical (unpaired) electrons. The molecule has 4 nitrogen and oxygen atoms in total. The summed E-state index contributed by atoms with van der Waals surface area (Å²) in [5, 5.41) is 2.85. The van der Waals surface area contributed by atoms with Gasteiger partial charge >= 0.3 is 0 Å². The summed E-state index contributed by atoms with van der Waals surface area (Å²) in [6, 6.07) is 0. The number of nitrogens with one attached hydrogen (secondary N) is 1. The minimum Gasteiger partial charge on any atom is -0.368 e. The molecule has 104 valence electrons. The normalized spacial score (nSPS) is 17.6. The minimum absolute atomic E-state index is 0.0402. The first-order valence-corrected chi connectivity index (χ1v) is 7.46. The topological polar surface area (TPSA) is 72.2 Å². The SMILES string of the molecule is NC(=O)C1(NC(=O)CCCCCCS)CCCC1. The van der Waals surface area contributed by atoms with E-state index in [1.165, 1.54) is 0 Å². The van der Waals surface area contributed by atoms with Gasteiger partial charge in [-0.15, -0.1) is 0 Å². The Morgan fingerprint density at radius 2 is 1.72 bits per heavy atom. The molecule has 1 saturated carbocycles. The first kappa shape index (κ1) is 15.3. The van der Waals surface area contributed by atoms with E-state index in [1.807, 2.05) is 0 Å². The maximum Gasteiger partial charge on any atom is 0.243 e. The highest BCUT2D eigenvalue weighted by Gasteiger charge is 2.40. The lowest BCUT2D eigenvalue weighted by molar-refractivity contribution is -0.131. The average Bonchev–Trinajstić information content (AvgIpc) is 2.78. The number of hydrogen-bond donors (Lipinski definition) is 3. The van der Waals surface area contributed by atoms with Crippen molar-refractivity contribution in [2.45, 2.75) is 63.3 Å². The van der Waals surface area contributed by atoms with Gasteiger partial charge in [-0.05, 0) is 31.4 Å². The Labute approximate surface area is 114 Å². The van der Waals surface area contributed by atoms with Crippen LogP contribution in [0.4, 0.5) is 0 Å². The third-order valence-corrected chi connectivity index (χ3v) is 3.94. The molecule has 0 aliphatic heterocycles. The molecule has 1 fully saturated rings. The average molecular weight is 272 g/mol. The Bertz CT molecular complexity index is 289. The van der Waals surface area contributed by atoms with Gasteiger partial charge in [-0.1, -0.05) is 25.7 Å². The molecule has 0 spiro atoms. The van der Waals surface area contributed by atoms with Gasteiger partial charge in [0.1, 0.15) is 5.54 Å². The van der Waals surface area contributed by atoms with E-state index in [4.69, 9.17) is 5.73 Å². The molecule has 1 aliphatic carbocycles. The van der Waals surface area contributed by atoms with Crippen molar-refractivity contribution in [2.75, 3.05) is 5.75 Å². The van der Waals surface area contributed by atoms with E-state index in [9.17, 15) is 9.59 Å². The summed E-state index contributed by atoms with van der Waals surface area (Å²) in [5.41, 5.74) is 4.65. The van der Waals surface area contributed by atoms with Gasteiger partial charge in [-0.2, -0.15) is 12.6 Å². The van der Waals surface area contributed by atoms with Crippen molar-refractivity contribution in [1.29, 1.82) is 0 Å². The molecule has 0 aromatic heterocycles. The first-order valence-electron chi connectivity index (χ1n) is 6.82. The molecule has 3 N–H and O–H groups in total. The Kier molecular flexibility index (Phi) is 6.54. The Morgan fingerprint density at radius 3 is 2.28 bits per heavy atom. The smallest absolute Gasteiger partial charge is 0.243 e. The van der Waals surface area contributed by atoms with E-state index < -0.39 is 5.54 Å². The van der Waals surface area contributed by atoms with Crippen molar-refractivity contribution in [3.63, 3.8) is 0 Å². The van der Waals surface area contributed by atoms with Crippen LogP contribution in [0, 0.1) is 0 Å². The van der Waals surface area contributed by atoms with Crippen LogP contribution in [0.5, 0.6) is 0 Å². The van der Waals surface area contributed by atoms with Crippen LogP contribution in [0.15, 0.2) is 0 Å². The van der Waals surface area contributed by atoms with E-state index in [0.29, 0.717) is 19.3 Å². The molecular weight excluding hydrogens is 248 g/mol. The van der Waals surface area contributed by atoms with Crippen LogP contribution in [-0.2, 0) is 9.59 Å². The monoisotopic (exact) mass is 272 g/mol. The number of rotatable bonds is 8. The van der Waals surface area contributed by atoms with Crippen LogP contribution in [0.3, 0.4) is 0 Å². The van der Waals surface area contributed by atoms with E-state index in [-0.39, 0.29) is 11.8 Å². The number of carbonyl (C=O) groups is 2. The van der Waals surface area contributed by atoms with E-state index >= 15 is 0 Å². The van der Waals surface area contributed by atoms with Crippen LogP contribution >= 0.6 is 12.6 Å². The lowest BCUT2D eigenvalue weighted by atomic mass is 9.96. The zero-order valence-electron chi connectivity index (χ0n) is 10.9. The standard InChI is InChI=1S/C13H24N2O2S/c14-12(17)13(8-4-5-9-13)15-11(16)7-3-1-2-6-10-18/h18H,1-10H2,(H2,14,17)(H,15,16). The van der Waals surface area contributed by atoms with Crippen LogP contribution in [0.2, 0.25) is 0 Å². The molecule has 1 aliphatic rings. The summed E-state index contributed by atoms with van der Waals surface area (Å²) in [5.74, 6) is 0.474. The maximum atomic E-state index is 11.8. The van der Waals surface area contributed by atoms with Crippen molar-refractivity contribution >= 4 is 24.4 Å². The van der Waals surface area contributed by atoms with E-state index in [1.54, 1.807) is 0 Å². The second-order valence-electron chi connectivity index (χ2n) is 5.09. The fourth-order valence-corrected chi connectivity index (χ4v) is 2.72. The van der Waals surface area contributed by atoms with Crippen LogP contribution < -0.4 is 11.1 Å². The predicted octanol–water partition coefficient (Wildman–Crippen LogP) is 1.78. The molecule has 0 aromatic rings. The summed E-state index contributed by atoms with van der Waals surface area (Å²) in [6.07, 6.45) is 7.90. The van der Waals surface area contributed by atoms with Crippen molar-refractivity contribution in [3.8, 4) is 0 Å². The zero-order chi connectivity index (χ0) is 13.4. The van der Waals surface area contributed by atoms with Gasteiger partial charge in [0.05, 0.1) is 0 Å². The fraction of sp³-hybridized carbons (Fsp3) is 0.846. The lowest BCUT2D eigenvalue weighted by Crippen LogP contribution is -2.55. The summed E-state index contributed by atoms with van der Waals surface area (Å²) >= 11 is 4.14. The molecule has 0 aromatic carbocycles. The van der Waals surface area contributed by atoms with Gasteiger partial charge in [0.15, 0.2) is 0 Å². The molecule has 0 bridgehead atoms. The molecule has 0 heterocycles. The van der Waals surface area contributed by atoms with Gasteiger partial charge in [0.25, 0.3) is 0 Å². The van der Waals surface area contributed by atoms with Crippen molar-refractivity contribution in [3.05, 3.63) is 0 Å². The Balaban J connectivity index is 2.27. The number of primary amides is 1. The first-order chi connectivity index (χ1) is 8.60. The summed E-state index contributed by atoms with van der Waals surface area (Å²) < 4.78 is 0. The summed E-state index contributed by atoms with van der Waals surface area (Å²) in [6.45, 7) is 0. The van der Waals surface area contributed by atoms with Gasteiger partial charge in [-0.25, -0.2) is 0 Å². The molecule has 1 rings (SSSR count). The van der Waals surface area contributed by atoms with Crippen molar-refractivity contribution in [1.82, 2.24) is 5.32 Å². The van der Waals surface area contributed by atoms with Gasteiger partial charge in [-0.3, -0.25) is 9.59 Å². The lowest BCUT2D eigenvalue weighted by Gasteiger charge is -2.26. The Morgan fingerprint density at radius 1 is 1.11 bits per heavy atom. The molecular formula is C13H24N2O2S. The molecule has 5 heteroatoms.